The van der Waals surface area contributed by atoms with Gasteiger partial charge in [-0.25, -0.2) is 0 Å². The molecule has 19 heavy (non-hydrogen) atoms. The van der Waals surface area contributed by atoms with Crippen LogP contribution < -0.4 is 5.32 Å². The van der Waals surface area contributed by atoms with E-state index in [1.54, 1.807) is 0 Å². The Morgan fingerprint density at radius 2 is 2.58 bits per heavy atom. The van der Waals surface area contributed by atoms with Crippen molar-refractivity contribution in [3.8, 4) is 0 Å². The molecule has 2 rings (SSSR count). The number of aliphatic hydroxyl groups is 1. The summed E-state index contributed by atoms with van der Waals surface area (Å²) in [5.74, 6) is 0. The van der Waals surface area contributed by atoms with Crippen LogP contribution in [0.1, 0.15) is 13.3 Å². The van der Waals surface area contributed by atoms with Crippen LogP contribution >= 0.6 is 0 Å². The van der Waals surface area contributed by atoms with Gasteiger partial charge >= 0.3 is 5.69 Å². The maximum Gasteiger partial charge on any atom is 0.306 e. The first kappa shape index (κ1) is 13.9. The van der Waals surface area contributed by atoms with E-state index in [1.165, 1.54) is 17.1 Å². The van der Waals surface area contributed by atoms with Crippen LogP contribution in [0.4, 0.5) is 5.69 Å². The average molecular weight is 270 g/mol. The lowest BCUT2D eigenvalue weighted by molar-refractivity contribution is -0.385. The van der Waals surface area contributed by atoms with Crippen molar-refractivity contribution in [3.05, 3.63) is 22.5 Å². The van der Waals surface area contributed by atoms with Gasteiger partial charge in [-0.15, -0.1) is 0 Å². The quantitative estimate of drug-likeness (QED) is 0.553. The van der Waals surface area contributed by atoms with E-state index in [-0.39, 0.29) is 24.4 Å². The number of ether oxygens (including phenoxy) is 1. The predicted octanol–water partition coefficient (Wildman–Crippen LogP) is -0.0808. The molecule has 2 heterocycles. The van der Waals surface area contributed by atoms with Gasteiger partial charge in [-0.05, 0) is 13.3 Å². The highest BCUT2D eigenvalue weighted by Gasteiger charge is 2.24. The minimum absolute atomic E-state index is 0.0713. The molecule has 3 atom stereocenters. The molecule has 8 nitrogen and oxygen atoms in total. The monoisotopic (exact) mass is 270 g/mol. The van der Waals surface area contributed by atoms with E-state index in [0.717, 1.165) is 13.0 Å². The molecule has 1 saturated heterocycles. The van der Waals surface area contributed by atoms with Crippen LogP contribution in [0.2, 0.25) is 0 Å². The van der Waals surface area contributed by atoms with Gasteiger partial charge in [-0.3, -0.25) is 14.8 Å². The predicted molar refractivity (Wildman–Crippen MR) is 66.7 cm³/mol. The number of aliphatic hydroxyl groups excluding tert-OH is 1. The van der Waals surface area contributed by atoms with Gasteiger partial charge in [0.25, 0.3) is 0 Å². The second-order valence-corrected chi connectivity index (χ2v) is 4.71. The fourth-order valence-corrected chi connectivity index (χ4v) is 2.11. The molecule has 3 unspecified atom stereocenters. The molecule has 0 aromatic carbocycles. The van der Waals surface area contributed by atoms with Crippen LogP contribution in [0.3, 0.4) is 0 Å². The van der Waals surface area contributed by atoms with Crippen LogP contribution in [0.5, 0.6) is 0 Å². The molecule has 0 aliphatic carbocycles. The molecule has 1 aliphatic heterocycles. The summed E-state index contributed by atoms with van der Waals surface area (Å²) in [5, 5.41) is 27.4. The van der Waals surface area contributed by atoms with Gasteiger partial charge in [0.05, 0.1) is 23.7 Å². The Morgan fingerprint density at radius 3 is 3.16 bits per heavy atom. The molecule has 0 bridgehead atoms. The number of hydrogen-bond donors (Lipinski definition) is 2. The van der Waals surface area contributed by atoms with Crippen molar-refractivity contribution in [2.75, 3.05) is 13.2 Å². The van der Waals surface area contributed by atoms with Crippen LogP contribution in [0.25, 0.3) is 0 Å². The molecule has 1 aliphatic rings. The molecular weight excluding hydrogens is 252 g/mol. The van der Waals surface area contributed by atoms with Crippen molar-refractivity contribution in [1.82, 2.24) is 15.1 Å². The summed E-state index contributed by atoms with van der Waals surface area (Å²) in [6.07, 6.45) is 2.92. The molecule has 0 amide bonds. The molecule has 0 radical (unpaired) electrons. The van der Waals surface area contributed by atoms with Crippen LogP contribution in [-0.4, -0.2) is 51.2 Å². The highest BCUT2D eigenvalue weighted by molar-refractivity contribution is 5.20. The maximum absolute atomic E-state index is 10.5. The number of aromatic nitrogens is 2. The zero-order chi connectivity index (χ0) is 13.8. The minimum atomic E-state index is -0.646. The highest BCUT2D eigenvalue weighted by Crippen LogP contribution is 2.12. The lowest BCUT2D eigenvalue weighted by Gasteiger charge is -2.18. The normalized spacial score (nSPS) is 24.5. The van der Waals surface area contributed by atoms with Gasteiger partial charge in [0, 0.05) is 19.2 Å². The van der Waals surface area contributed by atoms with Gasteiger partial charge < -0.3 is 15.2 Å². The minimum Gasteiger partial charge on any atom is -0.390 e. The fraction of sp³-hybridized carbons (Fsp3) is 0.727. The fourth-order valence-electron chi connectivity index (χ4n) is 2.11. The highest BCUT2D eigenvalue weighted by atomic mass is 16.6. The zero-order valence-electron chi connectivity index (χ0n) is 10.7. The van der Waals surface area contributed by atoms with Crippen molar-refractivity contribution in [3.63, 3.8) is 0 Å². The molecule has 0 saturated carbocycles. The standard InChI is InChI=1S/C11H18N4O4/c1-8-11(2-3-19-8)12-5-10(16)7-14-6-9(4-13-14)15(17)18/h4,6,8,10-12,16H,2-3,5,7H2,1H3. The van der Waals surface area contributed by atoms with Crippen LogP contribution in [0.15, 0.2) is 12.4 Å². The maximum atomic E-state index is 10.5. The lowest BCUT2D eigenvalue weighted by atomic mass is 10.1. The summed E-state index contributed by atoms with van der Waals surface area (Å²) >= 11 is 0. The van der Waals surface area contributed by atoms with E-state index >= 15 is 0 Å². The molecule has 0 spiro atoms. The topological polar surface area (TPSA) is 102 Å². The van der Waals surface area contributed by atoms with E-state index in [1.807, 2.05) is 6.92 Å². The molecule has 1 aromatic rings. The second-order valence-electron chi connectivity index (χ2n) is 4.71. The van der Waals surface area contributed by atoms with E-state index in [9.17, 15) is 15.2 Å². The Hall–Kier alpha value is -1.51. The van der Waals surface area contributed by atoms with Gasteiger partial charge in [0.1, 0.15) is 12.4 Å². The summed E-state index contributed by atoms with van der Waals surface area (Å²) in [6.45, 7) is 3.36. The van der Waals surface area contributed by atoms with E-state index in [0.29, 0.717) is 6.54 Å². The molecule has 1 aromatic heterocycles. The summed E-state index contributed by atoms with van der Waals surface area (Å²) in [6, 6.07) is 0.251. The van der Waals surface area contributed by atoms with Gasteiger partial charge in [-0.1, -0.05) is 0 Å². The van der Waals surface area contributed by atoms with Crippen molar-refractivity contribution >= 4 is 5.69 Å². The Morgan fingerprint density at radius 1 is 1.79 bits per heavy atom. The number of nitro groups is 1. The van der Waals surface area contributed by atoms with Gasteiger partial charge in [0.15, 0.2) is 0 Å². The van der Waals surface area contributed by atoms with E-state index in [2.05, 4.69) is 10.4 Å². The van der Waals surface area contributed by atoms with Crippen LogP contribution in [-0.2, 0) is 11.3 Å². The SMILES string of the molecule is CC1OCCC1NCC(O)Cn1cc([N+](=O)[O-])cn1. The lowest BCUT2D eigenvalue weighted by Crippen LogP contribution is -2.40. The van der Waals surface area contributed by atoms with Crippen molar-refractivity contribution in [2.24, 2.45) is 0 Å². The summed E-state index contributed by atoms with van der Waals surface area (Å²) in [5.41, 5.74) is -0.0713. The van der Waals surface area contributed by atoms with Crippen molar-refractivity contribution < 1.29 is 14.8 Å². The third-order valence-electron chi connectivity index (χ3n) is 3.22. The number of nitrogens with zero attached hydrogens (tertiary/aromatic N) is 3. The third kappa shape index (κ3) is 3.72. The number of rotatable bonds is 6. The first-order valence-corrected chi connectivity index (χ1v) is 6.26. The van der Waals surface area contributed by atoms with Crippen molar-refractivity contribution in [2.45, 2.75) is 38.1 Å². The molecule has 1 fully saturated rings. The third-order valence-corrected chi connectivity index (χ3v) is 3.22. The average Bonchev–Trinajstić information content (AvgIpc) is 2.96. The Labute approximate surface area is 110 Å². The second kappa shape index (κ2) is 6.09. The summed E-state index contributed by atoms with van der Waals surface area (Å²) in [4.78, 5) is 9.99. The molecule has 2 N–H and O–H groups in total. The number of hydrogen-bond acceptors (Lipinski definition) is 6. The van der Waals surface area contributed by atoms with E-state index < -0.39 is 11.0 Å². The Balaban J connectivity index is 1.77. The molecule has 106 valence electrons. The first-order valence-electron chi connectivity index (χ1n) is 6.26. The van der Waals surface area contributed by atoms with Gasteiger partial charge in [-0.2, -0.15) is 5.10 Å². The first-order chi connectivity index (χ1) is 9.06. The number of nitrogens with one attached hydrogen (secondary N) is 1. The van der Waals surface area contributed by atoms with Crippen molar-refractivity contribution in [1.29, 1.82) is 0 Å². The Bertz CT molecular complexity index is 436. The summed E-state index contributed by atoms with van der Waals surface area (Å²) < 4.78 is 6.78. The van der Waals surface area contributed by atoms with Gasteiger partial charge in [0.2, 0.25) is 0 Å². The van der Waals surface area contributed by atoms with Crippen LogP contribution in [0, 0.1) is 10.1 Å². The Kier molecular flexibility index (Phi) is 4.46. The largest absolute Gasteiger partial charge is 0.390 e. The zero-order valence-corrected chi connectivity index (χ0v) is 10.7. The molecule has 8 heteroatoms. The summed E-state index contributed by atoms with van der Waals surface area (Å²) in [7, 11) is 0. The smallest absolute Gasteiger partial charge is 0.306 e. The molecular formula is C11H18N4O4. The van der Waals surface area contributed by atoms with E-state index in [4.69, 9.17) is 4.74 Å².